The molecule has 0 radical (unpaired) electrons. The van der Waals surface area contributed by atoms with Gasteiger partial charge in [-0.1, -0.05) is 0 Å². The Morgan fingerprint density at radius 1 is 1.38 bits per heavy atom. The van der Waals surface area contributed by atoms with Crippen molar-refractivity contribution in [1.82, 2.24) is 9.29 Å². The summed E-state index contributed by atoms with van der Waals surface area (Å²) in [5, 5.41) is 0. The van der Waals surface area contributed by atoms with E-state index >= 15 is 0 Å². The Hall–Kier alpha value is -1.47. The van der Waals surface area contributed by atoms with E-state index in [9.17, 15) is 13.2 Å². The summed E-state index contributed by atoms with van der Waals surface area (Å²) in [5.41, 5.74) is 0.0696. The molecule has 88 valence electrons. The van der Waals surface area contributed by atoms with Gasteiger partial charge in [0.25, 0.3) is 0 Å². The van der Waals surface area contributed by atoms with Crippen molar-refractivity contribution in [2.24, 2.45) is 0 Å². The number of nitrogens with zero attached hydrogens (tertiary/aromatic N) is 2. The summed E-state index contributed by atoms with van der Waals surface area (Å²) < 4.78 is 28.8. The third kappa shape index (κ3) is 2.37. The zero-order valence-electron chi connectivity index (χ0n) is 9.17. The molecule has 0 saturated carbocycles. The predicted molar refractivity (Wildman–Crippen MR) is 56.4 cm³/mol. The van der Waals surface area contributed by atoms with Crippen LogP contribution in [-0.2, 0) is 14.8 Å². The molecule has 1 heterocycles. The Balaban J connectivity index is 3.10. The summed E-state index contributed by atoms with van der Waals surface area (Å²) >= 11 is 0. The molecule has 0 aromatic carbocycles. The molecule has 0 aliphatic rings. The zero-order valence-corrected chi connectivity index (χ0v) is 9.98. The monoisotopic (exact) mass is 244 g/mol. The van der Waals surface area contributed by atoms with Crippen molar-refractivity contribution in [3.8, 4) is 0 Å². The zero-order chi connectivity index (χ0) is 12.3. The number of sulfonamides is 1. The Labute approximate surface area is 93.9 Å². The summed E-state index contributed by atoms with van der Waals surface area (Å²) in [6, 6.07) is 2.62. The van der Waals surface area contributed by atoms with Gasteiger partial charge in [0.2, 0.25) is 10.0 Å². The molecule has 0 spiro atoms. The number of aromatic nitrogens is 1. The Bertz CT molecular complexity index is 479. The minimum Gasteiger partial charge on any atom is -0.464 e. The maximum atomic E-state index is 11.7. The van der Waals surface area contributed by atoms with Crippen LogP contribution in [0, 0.1) is 0 Å². The van der Waals surface area contributed by atoms with Crippen LogP contribution >= 0.6 is 0 Å². The first-order valence-corrected chi connectivity index (χ1v) is 5.80. The molecule has 0 atom stereocenters. The number of carbonyl (C=O) groups excluding carboxylic acids is 1. The maximum Gasteiger partial charge on any atom is 0.356 e. The average molecular weight is 244 g/mol. The van der Waals surface area contributed by atoms with Crippen LogP contribution in [0.1, 0.15) is 10.5 Å². The molecule has 0 N–H and O–H groups in total. The van der Waals surface area contributed by atoms with Crippen LogP contribution in [0.3, 0.4) is 0 Å². The normalized spacial score (nSPS) is 11.5. The number of pyridine rings is 1. The second-order valence-corrected chi connectivity index (χ2v) is 5.31. The Kier molecular flexibility index (Phi) is 3.61. The highest BCUT2D eigenvalue weighted by molar-refractivity contribution is 7.89. The van der Waals surface area contributed by atoms with Crippen LogP contribution in [0.4, 0.5) is 0 Å². The predicted octanol–water partition coefficient (Wildman–Crippen LogP) is 0.118. The molecule has 0 amide bonds. The van der Waals surface area contributed by atoms with E-state index in [-0.39, 0.29) is 10.6 Å². The summed E-state index contributed by atoms with van der Waals surface area (Å²) in [6.07, 6.45) is 1.13. The fourth-order valence-electron chi connectivity index (χ4n) is 0.969. The lowest BCUT2D eigenvalue weighted by Gasteiger charge is -2.10. The van der Waals surface area contributed by atoms with Gasteiger partial charge >= 0.3 is 5.97 Å². The van der Waals surface area contributed by atoms with E-state index in [2.05, 4.69) is 9.72 Å². The molecule has 6 nitrogen and oxygen atoms in total. The average Bonchev–Trinajstić information content (AvgIpc) is 2.28. The first-order chi connectivity index (χ1) is 7.39. The summed E-state index contributed by atoms with van der Waals surface area (Å²) in [7, 11) is 0.564. The molecule has 0 aliphatic heterocycles. The van der Waals surface area contributed by atoms with Crippen LogP contribution in [0.25, 0.3) is 0 Å². The van der Waals surface area contributed by atoms with E-state index in [1.54, 1.807) is 0 Å². The van der Waals surface area contributed by atoms with E-state index in [0.29, 0.717) is 0 Å². The summed E-state index contributed by atoms with van der Waals surface area (Å²) in [4.78, 5) is 14.8. The molecule has 7 heteroatoms. The number of esters is 1. The lowest BCUT2D eigenvalue weighted by atomic mass is 10.3. The van der Waals surface area contributed by atoms with Gasteiger partial charge in [0.05, 0.1) is 7.11 Å². The molecule has 0 fully saturated rings. The van der Waals surface area contributed by atoms with Crippen LogP contribution in [0.15, 0.2) is 23.2 Å². The largest absolute Gasteiger partial charge is 0.464 e. The van der Waals surface area contributed by atoms with Gasteiger partial charge in [-0.15, -0.1) is 0 Å². The SMILES string of the molecule is COC(=O)c1ccc(S(=O)(=O)N(C)C)cn1. The van der Waals surface area contributed by atoms with Gasteiger partial charge in [-0.05, 0) is 12.1 Å². The van der Waals surface area contributed by atoms with Crippen molar-refractivity contribution in [3.05, 3.63) is 24.0 Å². The number of hydrogen-bond acceptors (Lipinski definition) is 5. The van der Waals surface area contributed by atoms with Gasteiger partial charge < -0.3 is 4.74 Å². The Morgan fingerprint density at radius 2 is 2.00 bits per heavy atom. The fourth-order valence-corrected chi connectivity index (χ4v) is 1.82. The number of hydrogen-bond donors (Lipinski definition) is 0. The molecule has 16 heavy (non-hydrogen) atoms. The topological polar surface area (TPSA) is 76.6 Å². The standard InChI is InChI=1S/C9H12N2O4S/c1-11(2)16(13,14)7-4-5-8(10-6-7)9(12)15-3/h4-6H,1-3H3. The molecule has 0 aliphatic carbocycles. The van der Waals surface area contributed by atoms with Crippen LogP contribution in [0.5, 0.6) is 0 Å². The molecule has 0 unspecified atom stereocenters. The van der Waals surface area contributed by atoms with Crippen molar-refractivity contribution in [3.63, 3.8) is 0 Å². The van der Waals surface area contributed by atoms with E-state index in [1.807, 2.05) is 0 Å². The molecular formula is C9H12N2O4S. The van der Waals surface area contributed by atoms with Crippen molar-refractivity contribution in [1.29, 1.82) is 0 Å². The lowest BCUT2D eigenvalue weighted by molar-refractivity contribution is 0.0594. The third-order valence-electron chi connectivity index (χ3n) is 1.91. The van der Waals surface area contributed by atoms with E-state index < -0.39 is 16.0 Å². The van der Waals surface area contributed by atoms with Gasteiger partial charge in [0.15, 0.2) is 0 Å². The molecule has 0 bridgehead atoms. The molecule has 1 aromatic rings. The highest BCUT2D eigenvalue weighted by Crippen LogP contribution is 2.12. The van der Waals surface area contributed by atoms with Gasteiger partial charge in [-0.25, -0.2) is 22.5 Å². The number of ether oxygens (including phenoxy) is 1. The van der Waals surface area contributed by atoms with Gasteiger partial charge in [-0.2, -0.15) is 0 Å². The Morgan fingerprint density at radius 3 is 2.38 bits per heavy atom. The smallest absolute Gasteiger partial charge is 0.356 e. The van der Waals surface area contributed by atoms with Gasteiger partial charge in [0, 0.05) is 20.3 Å². The van der Waals surface area contributed by atoms with Crippen molar-refractivity contribution in [2.45, 2.75) is 4.90 Å². The fraction of sp³-hybridized carbons (Fsp3) is 0.333. The molecule has 0 saturated heterocycles. The van der Waals surface area contributed by atoms with Crippen molar-refractivity contribution < 1.29 is 17.9 Å². The maximum absolute atomic E-state index is 11.7. The summed E-state index contributed by atoms with van der Waals surface area (Å²) in [5.74, 6) is -0.603. The van der Waals surface area contributed by atoms with Crippen molar-refractivity contribution in [2.75, 3.05) is 21.2 Å². The van der Waals surface area contributed by atoms with Crippen molar-refractivity contribution >= 4 is 16.0 Å². The minimum atomic E-state index is -3.51. The van der Waals surface area contributed by atoms with Crippen LogP contribution in [-0.4, -0.2) is 44.9 Å². The second kappa shape index (κ2) is 4.58. The third-order valence-corrected chi connectivity index (χ3v) is 3.71. The first kappa shape index (κ1) is 12.6. The highest BCUT2D eigenvalue weighted by atomic mass is 32.2. The summed E-state index contributed by atoms with van der Waals surface area (Å²) in [6.45, 7) is 0. The minimum absolute atomic E-state index is 0.0325. The second-order valence-electron chi connectivity index (χ2n) is 3.16. The van der Waals surface area contributed by atoms with E-state index in [1.165, 1.54) is 33.3 Å². The quantitative estimate of drug-likeness (QED) is 0.706. The van der Waals surface area contributed by atoms with E-state index in [0.717, 1.165) is 10.5 Å². The highest BCUT2D eigenvalue weighted by Gasteiger charge is 2.18. The molecule has 1 aromatic heterocycles. The molecule has 1 rings (SSSR count). The lowest BCUT2D eigenvalue weighted by Crippen LogP contribution is -2.22. The van der Waals surface area contributed by atoms with E-state index in [4.69, 9.17) is 0 Å². The van der Waals surface area contributed by atoms with Crippen LogP contribution in [0.2, 0.25) is 0 Å². The van der Waals surface area contributed by atoms with Gasteiger partial charge in [-0.3, -0.25) is 0 Å². The number of rotatable bonds is 3. The molecular weight excluding hydrogens is 232 g/mol. The number of methoxy groups -OCH3 is 1. The number of carbonyl (C=O) groups is 1. The first-order valence-electron chi connectivity index (χ1n) is 4.36. The van der Waals surface area contributed by atoms with Crippen LogP contribution < -0.4 is 0 Å². The van der Waals surface area contributed by atoms with Gasteiger partial charge in [0.1, 0.15) is 10.6 Å².